The fourth-order valence-electron chi connectivity index (χ4n) is 2.12. The van der Waals surface area contributed by atoms with Crippen LogP contribution in [0.4, 0.5) is 4.39 Å². The molecule has 3 nitrogen and oxygen atoms in total. The topological polar surface area (TPSA) is 63.3 Å². The molecule has 1 aliphatic rings. The van der Waals surface area contributed by atoms with Crippen molar-refractivity contribution in [1.29, 1.82) is 0 Å². The maximum absolute atomic E-state index is 13.4. The largest absolute Gasteiger partial charge is 0.481 e. The molecular weight excluding hydrogens is 197 g/mol. The van der Waals surface area contributed by atoms with Gasteiger partial charge in [0.15, 0.2) is 0 Å². The number of carboxylic acid groups (broad SMARTS) is 1. The standard InChI is InChI=1S/C11H12FNO2/c12-9-3-1-2-7-6(9)4-5-8(10(7)13)11(14)15/h1-3,8,10H,4-5,13H2,(H,14,15). The Morgan fingerprint density at radius 3 is 2.93 bits per heavy atom. The van der Waals surface area contributed by atoms with Crippen molar-refractivity contribution in [2.75, 3.05) is 0 Å². The number of fused-ring (bicyclic) bond motifs is 1. The molecule has 0 radical (unpaired) electrons. The third kappa shape index (κ3) is 1.61. The molecule has 80 valence electrons. The molecule has 1 aliphatic carbocycles. The first kappa shape index (κ1) is 10.1. The quantitative estimate of drug-likeness (QED) is 0.736. The first-order chi connectivity index (χ1) is 7.11. The van der Waals surface area contributed by atoms with Gasteiger partial charge in [0.2, 0.25) is 0 Å². The van der Waals surface area contributed by atoms with Crippen LogP contribution in [-0.4, -0.2) is 11.1 Å². The van der Waals surface area contributed by atoms with Crippen molar-refractivity contribution in [3.8, 4) is 0 Å². The van der Waals surface area contributed by atoms with Crippen LogP contribution in [0.1, 0.15) is 23.6 Å². The Bertz CT molecular complexity index is 406. The van der Waals surface area contributed by atoms with E-state index in [2.05, 4.69) is 0 Å². The number of hydrogen-bond donors (Lipinski definition) is 2. The molecule has 0 saturated carbocycles. The second kappa shape index (κ2) is 3.62. The van der Waals surface area contributed by atoms with Gasteiger partial charge in [-0.05, 0) is 30.0 Å². The zero-order valence-corrected chi connectivity index (χ0v) is 8.11. The molecule has 0 spiro atoms. The maximum Gasteiger partial charge on any atom is 0.308 e. The number of aliphatic carboxylic acids is 1. The Morgan fingerprint density at radius 2 is 2.27 bits per heavy atom. The Balaban J connectivity index is 2.42. The SMILES string of the molecule is NC1c2cccc(F)c2CCC1C(=O)O. The van der Waals surface area contributed by atoms with Gasteiger partial charge in [-0.3, -0.25) is 4.79 Å². The molecule has 2 unspecified atom stereocenters. The van der Waals surface area contributed by atoms with E-state index in [0.717, 1.165) is 0 Å². The average Bonchev–Trinajstić information content (AvgIpc) is 2.19. The number of hydrogen-bond acceptors (Lipinski definition) is 2. The number of carbonyl (C=O) groups is 1. The lowest BCUT2D eigenvalue weighted by atomic mass is 9.80. The van der Waals surface area contributed by atoms with Crippen LogP contribution in [0.3, 0.4) is 0 Å². The Labute approximate surface area is 86.7 Å². The van der Waals surface area contributed by atoms with Crippen molar-refractivity contribution < 1.29 is 14.3 Å². The fourth-order valence-corrected chi connectivity index (χ4v) is 2.12. The Morgan fingerprint density at radius 1 is 1.53 bits per heavy atom. The number of nitrogens with two attached hydrogens (primary N) is 1. The van der Waals surface area contributed by atoms with Gasteiger partial charge in [-0.25, -0.2) is 4.39 Å². The van der Waals surface area contributed by atoms with Crippen LogP contribution in [0.2, 0.25) is 0 Å². The molecular formula is C11H12FNO2. The highest BCUT2D eigenvalue weighted by molar-refractivity contribution is 5.72. The zero-order chi connectivity index (χ0) is 11.0. The van der Waals surface area contributed by atoms with Crippen molar-refractivity contribution in [1.82, 2.24) is 0 Å². The molecule has 1 aromatic rings. The van der Waals surface area contributed by atoms with E-state index in [0.29, 0.717) is 24.0 Å². The lowest BCUT2D eigenvalue weighted by Gasteiger charge is -2.28. The molecule has 0 heterocycles. The number of halogens is 1. The second-order valence-corrected chi connectivity index (χ2v) is 3.82. The monoisotopic (exact) mass is 209 g/mol. The van der Waals surface area contributed by atoms with E-state index in [4.69, 9.17) is 10.8 Å². The molecule has 1 aromatic carbocycles. The van der Waals surface area contributed by atoms with Gasteiger partial charge in [0.25, 0.3) is 0 Å². The van der Waals surface area contributed by atoms with Gasteiger partial charge in [0.1, 0.15) is 5.82 Å². The van der Waals surface area contributed by atoms with E-state index in [1.165, 1.54) is 6.07 Å². The lowest BCUT2D eigenvalue weighted by molar-refractivity contribution is -0.143. The van der Waals surface area contributed by atoms with E-state index in [-0.39, 0.29) is 5.82 Å². The number of carboxylic acids is 1. The second-order valence-electron chi connectivity index (χ2n) is 3.82. The smallest absolute Gasteiger partial charge is 0.308 e. The molecule has 3 N–H and O–H groups in total. The van der Waals surface area contributed by atoms with Crippen molar-refractivity contribution in [3.05, 3.63) is 35.1 Å². The van der Waals surface area contributed by atoms with Gasteiger partial charge in [-0.15, -0.1) is 0 Å². The zero-order valence-electron chi connectivity index (χ0n) is 8.11. The van der Waals surface area contributed by atoms with Crippen LogP contribution in [0, 0.1) is 11.7 Å². The molecule has 0 fully saturated rings. The van der Waals surface area contributed by atoms with Crippen LogP contribution in [0.15, 0.2) is 18.2 Å². The molecule has 15 heavy (non-hydrogen) atoms. The predicted octanol–water partition coefficient (Wildman–Crippen LogP) is 1.47. The normalized spacial score (nSPS) is 24.7. The average molecular weight is 209 g/mol. The summed E-state index contributed by atoms with van der Waals surface area (Å²) in [4.78, 5) is 10.9. The van der Waals surface area contributed by atoms with Crippen molar-refractivity contribution in [3.63, 3.8) is 0 Å². The molecule has 2 atom stereocenters. The molecule has 4 heteroatoms. The summed E-state index contributed by atoms with van der Waals surface area (Å²) in [5, 5.41) is 8.93. The van der Waals surface area contributed by atoms with Crippen LogP contribution in [0.25, 0.3) is 0 Å². The molecule has 2 rings (SSSR count). The lowest BCUT2D eigenvalue weighted by Crippen LogP contribution is -2.33. The first-order valence-corrected chi connectivity index (χ1v) is 4.87. The van der Waals surface area contributed by atoms with Crippen LogP contribution in [0.5, 0.6) is 0 Å². The number of rotatable bonds is 1. The minimum Gasteiger partial charge on any atom is -0.481 e. The van der Waals surface area contributed by atoms with Crippen LogP contribution < -0.4 is 5.73 Å². The van der Waals surface area contributed by atoms with Crippen LogP contribution >= 0.6 is 0 Å². The predicted molar refractivity (Wildman–Crippen MR) is 52.8 cm³/mol. The highest BCUT2D eigenvalue weighted by Crippen LogP contribution is 2.33. The third-order valence-corrected chi connectivity index (χ3v) is 2.97. The van der Waals surface area contributed by atoms with Gasteiger partial charge >= 0.3 is 5.97 Å². The summed E-state index contributed by atoms with van der Waals surface area (Å²) in [5.41, 5.74) is 7.02. The van der Waals surface area contributed by atoms with Crippen molar-refractivity contribution in [2.45, 2.75) is 18.9 Å². The summed E-state index contributed by atoms with van der Waals surface area (Å²) in [5.74, 6) is -1.79. The van der Waals surface area contributed by atoms with E-state index in [1.54, 1.807) is 12.1 Å². The molecule has 0 saturated heterocycles. The third-order valence-electron chi connectivity index (χ3n) is 2.97. The van der Waals surface area contributed by atoms with Gasteiger partial charge in [-0.1, -0.05) is 12.1 Å². The van der Waals surface area contributed by atoms with E-state index < -0.39 is 17.9 Å². The molecule has 0 amide bonds. The van der Waals surface area contributed by atoms with Crippen molar-refractivity contribution >= 4 is 5.97 Å². The maximum atomic E-state index is 13.4. The summed E-state index contributed by atoms with van der Waals surface area (Å²) in [6.45, 7) is 0. The van der Waals surface area contributed by atoms with Crippen LogP contribution in [-0.2, 0) is 11.2 Å². The summed E-state index contributed by atoms with van der Waals surface area (Å²) in [6, 6.07) is 4.06. The Hall–Kier alpha value is -1.42. The van der Waals surface area contributed by atoms with Gasteiger partial charge < -0.3 is 10.8 Å². The molecule has 0 aliphatic heterocycles. The van der Waals surface area contributed by atoms with Gasteiger partial charge in [0, 0.05) is 6.04 Å². The summed E-state index contributed by atoms with van der Waals surface area (Å²) in [7, 11) is 0. The summed E-state index contributed by atoms with van der Waals surface area (Å²) < 4.78 is 13.4. The minimum absolute atomic E-state index is 0.285. The van der Waals surface area contributed by atoms with E-state index >= 15 is 0 Å². The molecule has 0 bridgehead atoms. The Kier molecular flexibility index (Phi) is 2.44. The van der Waals surface area contributed by atoms with Gasteiger partial charge in [0.05, 0.1) is 5.92 Å². The summed E-state index contributed by atoms with van der Waals surface area (Å²) >= 11 is 0. The first-order valence-electron chi connectivity index (χ1n) is 4.87. The number of benzene rings is 1. The highest BCUT2D eigenvalue weighted by atomic mass is 19.1. The minimum atomic E-state index is -0.905. The summed E-state index contributed by atoms with van der Waals surface area (Å²) in [6.07, 6.45) is 0.858. The van der Waals surface area contributed by atoms with E-state index in [9.17, 15) is 9.18 Å². The molecule has 0 aromatic heterocycles. The fraction of sp³-hybridized carbons (Fsp3) is 0.364. The van der Waals surface area contributed by atoms with Crippen molar-refractivity contribution in [2.24, 2.45) is 11.7 Å². The highest BCUT2D eigenvalue weighted by Gasteiger charge is 2.32. The van der Waals surface area contributed by atoms with Gasteiger partial charge in [-0.2, -0.15) is 0 Å². The van der Waals surface area contributed by atoms with E-state index in [1.807, 2.05) is 0 Å².